The molecular formula is C21H23N5S. The van der Waals surface area contributed by atoms with Crippen molar-refractivity contribution in [2.75, 3.05) is 11.9 Å². The Kier molecular flexibility index (Phi) is 4.44. The van der Waals surface area contributed by atoms with E-state index in [2.05, 4.69) is 83.9 Å². The molecule has 0 aliphatic carbocycles. The Morgan fingerprint density at radius 2 is 1.89 bits per heavy atom. The largest absolute Gasteiger partial charge is 0.384 e. The molecule has 27 heavy (non-hydrogen) atoms. The van der Waals surface area contributed by atoms with Crippen LogP contribution < -0.4 is 5.32 Å². The van der Waals surface area contributed by atoms with Gasteiger partial charge >= 0.3 is 0 Å². The van der Waals surface area contributed by atoms with Crippen LogP contribution in [0.2, 0.25) is 0 Å². The summed E-state index contributed by atoms with van der Waals surface area (Å²) in [5, 5.41) is 15.3. The minimum atomic E-state index is 0.115. The molecular weight excluding hydrogens is 354 g/mol. The highest BCUT2D eigenvalue weighted by Crippen LogP contribution is 2.30. The predicted octanol–water partition coefficient (Wildman–Crippen LogP) is 4.95. The molecule has 0 saturated carbocycles. The van der Waals surface area contributed by atoms with Gasteiger partial charge in [0.1, 0.15) is 0 Å². The van der Waals surface area contributed by atoms with Crippen LogP contribution in [-0.2, 0) is 5.41 Å². The topological polar surface area (TPSA) is 58.0 Å². The van der Waals surface area contributed by atoms with Gasteiger partial charge in [-0.1, -0.05) is 63.2 Å². The van der Waals surface area contributed by atoms with Gasteiger partial charge in [0.15, 0.2) is 5.82 Å². The predicted molar refractivity (Wildman–Crippen MR) is 113 cm³/mol. The van der Waals surface area contributed by atoms with E-state index in [1.165, 1.54) is 16.8 Å². The summed E-state index contributed by atoms with van der Waals surface area (Å²) < 4.78 is 2.18. The molecule has 0 bridgehead atoms. The third-order valence-corrected chi connectivity index (χ3v) is 5.16. The monoisotopic (exact) mass is 377 g/mol. The van der Waals surface area contributed by atoms with Crippen LogP contribution in [-0.4, -0.2) is 27.6 Å². The zero-order valence-corrected chi connectivity index (χ0v) is 16.5. The lowest BCUT2D eigenvalue weighted by atomic mass is 9.87. The first kappa shape index (κ1) is 17.7. The average Bonchev–Trinajstić information content (AvgIpc) is 3.23. The van der Waals surface area contributed by atoms with Gasteiger partial charge in [0, 0.05) is 29.9 Å². The molecule has 0 fully saturated rings. The van der Waals surface area contributed by atoms with Crippen LogP contribution in [0.15, 0.2) is 53.6 Å². The molecule has 2 aromatic carbocycles. The molecule has 3 aromatic rings. The van der Waals surface area contributed by atoms with Gasteiger partial charge in [0.05, 0.1) is 0 Å². The van der Waals surface area contributed by atoms with Gasteiger partial charge < -0.3 is 5.32 Å². The van der Waals surface area contributed by atoms with Crippen molar-refractivity contribution in [1.82, 2.24) is 14.9 Å². The molecule has 1 aliphatic heterocycles. The van der Waals surface area contributed by atoms with Gasteiger partial charge in [-0.25, -0.2) is 5.10 Å². The van der Waals surface area contributed by atoms with E-state index in [1.54, 1.807) is 4.68 Å². The summed E-state index contributed by atoms with van der Waals surface area (Å²) in [5.74, 6) is 0.935. The molecule has 6 heteroatoms. The summed E-state index contributed by atoms with van der Waals surface area (Å²) in [6, 6.07) is 16.7. The van der Waals surface area contributed by atoms with Crippen LogP contribution in [0.1, 0.15) is 37.8 Å². The summed E-state index contributed by atoms with van der Waals surface area (Å²) >= 11 is 5.39. The van der Waals surface area contributed by atoms with Crippen molar-refractivity contribution < 1.29 is 0 Å². The Balaban J connectivity index is 1.64. The third kappa shape index (κ3) is 3.45. The number of anilines is 1. The molecule has 0 spiro atoms. The van der Waals surface area contributed by atoms with Crippen molar-refractivity contribution in [3.05, 3.63) is 64.4 Å². The number of hydrogen-bond acceptors (Lipinski definition) is 4. The van der Waals surface area contributed by atoms with Crippen molar-refractivity contribution in [2.24, 2.45) is 5.10 Å². The molecule has 2 N–H and O–H groups in total. The zero-order chi connectivity index (χ0) is 19.0. The molecule has 0 unspecified atom stereocenters. The lowest BCUT2D eigenvalue weighted by Gasteiger charge is -2.18. The Hall–Kier alpha value is -2.73. The number of nitrogens with zero attached hydrogens (tertiary/aromatic N) is 3. The van der Waals surface area contributed by atoms with E-state index in [0.29, 0.717) is 4.77 Å². The highest BCUT2D eigenvalue weighted by Gasteiger charge is 2.20. The number of para-hydroxylation sites is 1. The van der Waals surface area contributed by atoms with Crippen molar-refractivity contribution in [3.8, 4) is 11.4 Å². The van der Waals surface area contributed by atoms with Crippen LogP contribution >= 0.6 is 12.2 Å². The molecule has 5 nitrogen and oxygen atoms in total. The number of benzene rings is 2. The quantitative estimate of drug-likeness (QED) is 0.502. The second kappa shape index (κ2) is 6.78. The van der Waals surface area contributed by atoms with E-state index >= 15 is 0 Å². The molecule has 0 radical (unpaired) electrons. The van der Waals surface area contributed by atoms with E-state index < -0.39 is 0 Å². The van der Waals surface area contributed by atoms with E-state index in [1.807, 2.05) is 12.3 Å². The lowest BCUT2D eigenvalue weighted by Crippen LogP contribution is -2.10. The first-order chi connectivity index (χ1) is 12.9. The fourth-order valence-electron chi connectivity index (χ4n) is 3.30. The van der Waals surface area contributed by atoms with Gasteiger partial charge in [0.2, 0.25) is 4.77 Å². The average molecular weight is 378 g/mol. The normalized spacial score (nSPS) is 16.5. The molecule has 1 aromatic heterocycles. The molecule has 0 saturated heterocycles. The van der Waals surface area contributed by atoms with E-state index in [0.717, 1.165) is 17.9 Å². The molecule has 1 aliphatic rings. The van der Waals surface area contributed by atoms with E-state index in [-0.39, 0.29) is 11.3 Å². The second-order valence-electron chi connectivity index (χ2n) is 7.83. The maximum atomic E-state index is 5.39. The molecule has 1 atom stereocenters. The lowest BCUT2D eigenvalue weighted by molar-refractivity contribution is 0.590. The van der Waals surface area contributed by atoms with Crippen molar-refractivity contribution in [2.45, 2.75) is 32.1 Å². The Bertz CT molecular complexity index is 1040. The van der Waals surface area contributed by atoms with Crippen molar-refractivity contribution in [1.29, 1.82) is 0 Å². The van der Waals surface area contributed by atoms with Gasteiger partial charge in [-0.15, -0.1) is 0 Å². The number of H-pyrrole nitrogens is 1. The smallest absolute Gasteiger partial charge is 0.216 e. The van der Waals surface area contributed by atoms with E-state index in [9.17, 15) is 0 Å². The summed E-state index contributed by atoms with van der Waals surface area (Å²) in [6.07, 6.45) is 1.94. The highest BCUT2D eigenvalue weighted by atomic mass is 32.1. The SMILES string of the molecule is CC(C)(C)c1ccc(-c2n[nH]c(=S)n2N=C[C@H]2CNc3ccccc32)cc1. The number of aromatic amines is 1. The van der Waals surface area contributed by atoms with Crippen LogP contribution in [0, 0.1) is 4.77 Å². The van der Waals surface area contributed by atoms with Crippen LogP contribution in [0.5, 0.6) is 0 Å². The molecule has 4 rings (SSSR count). The van der Waals surface area contributed by atoms with Crippen molar-refractivity contribution >= 4 is 24.1 Å². The van der Waals surface area contributed by atoms with Gasteiger partial charge in [0.25, 0.3) is 0 Å². The maximum absolute atomic E-state index is 5.39. The first-order valence-electron chi connectivity index (χ1n) is 9.09. The number of nitrogens with one attached hydrogen (secondary N) is 2. The van der Waals surface area contributed by atoms with Gasteiger partial charge in [-0.3, -0.25) is 0 Å². The minimum absolute atomic E-state index is 0.115. The van der Waals surface area contributed by atoms with E-state index in [4.69, 9.17) is 12.2 Å². The Morgan fingerprint density at radius 3 is 2.63 bits per heavy atom. The molecule has 138 valence electrons. The van der Waals surface area contributed by atoms with Crippen LogP contribution in [0.4, 0.5) is 5.69 Å². The minimum Gasteiger partial charge on any atom is -0.384 e. The first-order valence-corrected chi connectivity index (χ1v) is 9.50. The zero-order valence-electron chi connectivity index (χ0n) is 15.7. The summed E-state index contributed by atoms with van der Waals surface area (Å²) in [4.78, 5) is 0. The summed E-state index contributed by atoms with van der Waals surface area (Å²) in [7, 11) is 0. The Morgan fingerprint density at radius 1 is 1.15 bits per heavy atom. The Labute approximate surface area is 164 Å². The van der Waals surface area contributed by atoms with Crippen LogP contribution in [0.3, 0.4) is 0 Å². The maximum Gasteiger partial charge on any atom is 0.216 e. The number of rotatable bonds is 3. The highest BCUT2D eigenvalue weighted by molar-refractivity contribution is 7.71. The van der Waals surface area contributed by atoms with Crippen molar-refractivity contribution in [3.63, 3.8) is 0 Å². The third-order valence-electron chi connectivity index (χ3n) is 4.89. The standard InChI is InChI=1S/C21H23N5S/c1-21(2,3)16-10-8-14(9-11-16)19-24-25-20(27)26(19)23-13-15-12-22-18-7-5-4-6-17(15)18/h4-11,13,15,22H,12H2,1-3H3,(H,25,27)/t15-/m1/s1. The number of hydrogen-bond donors (Lipinski definition) is 2. The fourth-order valence-corrected chi connectivity index (χ4v) is 3.48. The summed E-state index contributed by atoms with van der Waals surface area (Å²) in [5.41, 5.74) is 4.81. The number of fused-ring (bicyclic) bond motifs is 1. The van der Waals surface area contributed by atoms with Crippen LogP contribution in [0.25, 0.3) is 11.4 Å². The second-order valence-corrected chi connectivity index (χ2v) is 8.22. The van der Waals surface area contributed by atoms with Gasteiger partial charge in [-0.05, 0) is 34.8 Å². The molecule has 2 heterocycles. The fraction of sp³-hybridized carbons (Fsp3) is 0.286. The summed E-state index contributed by atoms with van der Waals surface area (Å²) in [6.45, 7) is 7.45. The molecule has 0 amide bonds. The number of aromatic nitrogens is 3. The van der Waals surface area contributed by atoms with Gasteiger partial charge in [-0.2, -0.15) is 14.9 Å².